The normalized spacial score (nSPS) is 12.0. The molecule has 114 valence electrons. The van der Waals surface area contributed by atoms with Crippen LogP contribution < -0.4 is 5.73 Å². The van der Waals surface area contributed by atoms with Crippen molar-refractivity contribution in [2.75, 3.05) is 12.8 Å². The molecule has 6 nitrogen and oxygen atoms in total. The van der Waals surface area contributed by atoms with E-state index in [1.807, 2.05) is 0 Å². The molecule has 0 fully saturated rings. The van der Waals surface area contributed by atoms with Crippen LogP contribution >= 0.6 is 11.6 Å². The lowest BCUT2D eigenvalue weighted by Crippen LogP contribution is -2.27. The molecule has 1 aromatic carbocycles. The van der Waals surface area contributed by atoms with E-state index in [1.165, 1.54) is 7.05 Å². The number of aromatic nitrogens is 1. The molecule has 2 aromatic rings. The number of benzene rings is 1. The zero-order valence-corrected chi connectivity index (χ0v) is 12.9. The third-order valence-corrected chi connectivity index (χ3v) is 4.80. The van der Waals surface area contributed by atoms with Crippen LogP contribution in [0.2, 0.25) is 5.02 Å². The number of anilines is 1. The highest BCUT2D eigenvalue weighted by molar-refractivity contribution is 7.89. The van der Waals surface area contributed by atoms with E-state index < -0.39 is 20.7 Å². The Hall–Kier alpha value is -1.64. The zero-order valence-electron chi connectivity index (χ0n) is 11.3. The van der Waals surface area contributed by atoms with Crippen LogP contribution in [0.15, 0.2) is 27.6 Å². The van der Waals surface area contributed by atoms with E-state index >= 15 is 0 Å². The van der Waals surface area contributed by atoms with E-state index in [4.69, 9.17) is 21.9 Å². The number of nitrogen functional groups attached to an aromatic ring is 1. The summed E-state index contributed by atoms with van der Waals surface area (Å²) in [6.45, 7) is 1.62. The molecule has 0 bridgehead atoms. The van der Waals surface area contributed by atoms with E-state index in [0.29, 0.717) is 11.5 Å². The highest BCUT2D eigenvalue weighted by Crippen LogP contribution is 2.27. The second-order valence-electron chi connectivity index (χ2n) is 4.50. The first-order valence-corrected chi connectivity index (χ1v) is 7.66. The average Bonchev–Trinajstić information content (AvgIpc) is 2.79. The summed E-state index contributed by atoms with van der Waals surface area (Å²) in [7, 11) is -2.79. The van der Waals surface area contributed by atoms with Crippen molar-refractivity contribution in [1.82, 2.24) is 9.46 Å². The van der Waals surface area contributed by atoms with Gasteiger partial charge in [0.05, 0.1) is 17.9 Å². The number of nitrogens with two attached hydrogens (primary N) is 1. The summed E-state index contributed by atoms with van der Waals surface area (Å²) >= 11 is 5.74. The first-order valence-electron chi connectivity index (χ1n) is 5.85. The summed E-state index contributed by atoms with van der Waals surface area (Å²) in [4.78, 5) is -0.574. The molecular weight excluding hydrogens is 321 g/mol. The highest BCUT2D eigenvalue weighted by Gasteiger charge is 2.27. The fourth-order valence-corrected chi connectivity index (χ4v) is 3.30. The Morgan fingerprint density at radius 2 is 2.10 bits per heavy atom. The van der Waals surface area contributed by atoms with Crippen molar-refractivity contribution in [1.29, 1.82) is 0 Å². The average molecular weight is 334 g/mol. The Labute approximate surface area is 126 Å². The third-order valence-electron chi connectivity index (χ3n) is 2.78. The molecule has 0 radical (unpaired) electrons. The van der Waals surface area contributed by atoms with Crippen LogP contribution in [0.4, 0.5) is 10.1 Å². The Morgan fingerprint density at radius 3 is 2.67 bits per heavy atom. The highest BCUT2D eigenvalue weighted by atomic mass is 35.5. The van der Waals surface area contributed by atoms with Crippen molar-refractivity contribution in [3.05, 3.63) is 40.5 Å². The minimum atomic E-state index is -4.09. The first kappa shape index (κ1) is 15.7. The van der Waals surface area contributed by atoms with Gasteiger partial charge in [-0.25, -0.2) is 12.8 Å². The van der Waals surface area contributed by atoms with E-state index in [2.05, 4.69) is 5.16 Å². The van der Waals surface area contributed by atoms with Crippen molar-refractivity contribution < 1.29 is 17.3 Å². The summed E-state index contributed by atoms with van der Waals surface area (Å²) in [5.74, 6) is -0.475. The molecule has 1 heterocycles. The molecule has 2 rings (SSSR count). The molecule has 0 aliphatic carbocycles. The van der Waals surface area contributed by atoms with Gasteiger partial charge in [0.15, 0.2) is 5.82 Å². The molecule has 0 aliphatic rings. The zero-order chi connectivity index (χ0) is 15.8. The maximum absolute atomic E-state index is 14.0. The minimum Gasteiger partial charge on any atom is -0.396 e. The number of sulfonamides is 1. The van der Waals surface area contributed by atoms with Crippen LogP contribution in [-0.2, 0) is 16.6 Å². The van der Waals surface area contributed by atoms with E-state index in [1.54, 1.807) is 13.0 Å². The quantitative estimate of drug-likeness (QED) is 0.866. The van der Waals surface area contributed by atoms with Crippen molar-refractivity contribution in [2.24, 2.45) is 0 Å². The maximum atomic E-state index is 14.0. The molecule has 2 N–H and O–H groups in total. The Morgan fingerprint density at radius 1 is 1.43 bits per heavy atom. The summed E-state index contributed by atoms with van der Waals surface area (Å²) in [5.41, 5.74) is 5.49. The van der Waals surface area contributed by atoms with Gasteiger partial charge in [-0.2, -0.15) is 4.31 Å². The Balaban J connectivity index is 2.37. The molecule has 0 saturated carbocycles. The maximum Gasteiger partial charge on any atom is 0.246 e. The number of hydrogen-bond donors (Lipinski definition) is 1. The predicted octanol–water partition coefficient (Wildman–Crippen LogP) is 2.18. The van der Waals surface area contributed by atoms with Crippen LogP contribution in [0.1, 0.15) is 11.5 Å². The Bertz CT molecular complexity index is 776. The fourth-order valence-electron chi connectivity index (χ4n) is 1.75. The third kappa shape index (κ3) is 3.17. The lowest BCUT2D eigenvalue weighted by Gasteiger charge is -2.17. The van der Waals surface area contributed by atoms with E-state index in [-0.39, 0.29) is 17.3 Å². The Kier molecular flexibility index (Phi) is 4.22. The van der Waals surface area contributed by atoms with Crippen LogP contribution in [0, 0.1) is 12.7 Å². The summed E-state index contributed by atoms with van der Waals surface area (Å²) < 4.78 is 44.5. The fraction of sp³-hybridized carbons (Fsp3) is 0.250. The van der Waals surface area contributed by atoms with Crippen LogP contribution in [0.5, 0.6) is 0 Å². The van der Waals surface area contributed by atoms with Crippen LogP contribution in [-0.4, -0.2) is 24.9 Å². The second kappa shape index (κ2) is 5.63. The minimum absolute atomic E-state index is 0.0400. The number of hydrogen-bond acceptors (Lipinski definition) is 5. The molecule has 0 aliphatic heterocycles. The molecule has 21 heavy (non-hydrogen) atoms. The molecule has 0 atom stereocenters. The SMILES string of the molecule is Cc1cc(CN(C)S(=O)(=O)c2cc(Cl)cc(N)c2F)no1. The molecule has 0 unspecified atom stereocenters. The van der Waals surface area contributed by atoms with Gasteiger partial charge >= 0.3 is 0 Å². The van der Waals surface area contributed by atoms with Gasteiger partial charge in [0.1, 0.15) is 10.7 Å². The van der Waals surface area contributed by atoms with Crippen molar-refractivity contribution in [3.8, 4) is 0 Å². The monoisotopic (exact) mass is 333 g/mol. The van der Waals surface area contributed by atoms with Gasteiger partial charge in [-0.05, 0) is 19.1 Å². The smallest absolute Gasteiger partial charge is 0.246 e. The van der Waals surface area contributed by atoms with Gasteiger partial charge in [0.2, 0.25) is 10.0 Å². The van der Waals surface area contributed by atoms with Gasteiger partial charge in [0.25, 0.3) is 0 Å². The van der Waals surface area contributed by atoms with E-state index in [9.17, 15) is 12.8 Å². The molecule has 0 spiro atoms. The van der Waals surface area contributed by atoms with Crippen molar-refractivity contribution in [3.63, 3.8) is 0 Å². The lowest BCUT2D eigenvalue weighted by atomic mass is 10.3. The van der Waals surface area contributed by atoms with Crippen molar-refractivity contribution in [2.45, 2.75) is 18.4 Å². The number of nitrogens with zero attached hydrogens (tertiary/aromatic N) is 2. The van der Waals surface area contributed by atoms with Crippen molar-refractivity contribution >= 4 is 27.3 Å². The summed E-state index contributed by atoms with van der Waals surface area (Å²) in [6, 6.07) is 3.76. The second-order valence-corrected chi connectivity index (χ2v) is 6.95. The predicted molar refractivity (Wildman–Crippen MR) is 75.7 cm³/mol. The van der Waals surface area contributed by atoms with Crippen LogP contribution in [0.25, 0.3) is 0 Å². The van der Waals surface area contributed by atoms with Gasteiger partial charge in [-0.3, -0.25) is 0 Å². The summed E-state index contributed by atoms with van der Waals surface area (Å²) in [5, 5.41) is 3.73. The van der Waals surface area contributed by atoms with Gasteiger partial charge in [0, 0.05) is 18.1 Å². The topological polar surface area (TPSA) is 89.4 Å². The lowest BCUT2D eigenvalue weighted by molar-refractivity contribution is 0.377. The largest absolute Gasteiger partial charge is 0.396 e. The van der Waals surface area contributed by atoms with Gasteiger partial charge < -0.3 is 10.3 Å². The van der Waals surface area contributed by atoms with Crippen LogP contribution in [0.3, 0.4) is 0 Å². The van der Waals surface area contributed by atoms with Gasteiger partial charge in [-0.1, -0.05) is 16.8 Å². The number of halogens is 2. The molecule has 1 aromatic heterocycles. The summed E-state index contributed by atoms with van der Waals surface area (Å²) in [6.07, 6.45) is 0. The van der Waals surface area contributed by atoms with Gasteiger partial charge in [-0.15, -0.1) is 0 Å². The molecule has 9 heteroatoms. The first-order chi connectivity index (χ1) is 9.71. The molecule has 0 saturated heterocycles. The standard InChI is InChI=1S/C12H13ClFN3O3S/c1-7-3-9(16-20-7)6-17(2)21(18,19)11-5-8(13)4-10(15)12(11)14/h3-5H,6,15H2,1-2H3. The number of rotatable bonds is 4. The molecule has 0 amide bonds. The number of aryl methyl sites for hydroxylation is 1. The molecular formula is C12H13ClFN3O3S. The van der Waals surface area contributed by atoms with E-state index in [0.717, 1.165) is 16.4 Å².